The van der Waals surface area contributed by atoms with E-state index in [4.69, 9.17) is 0 Å². The van der Waals surface area contributed by atoms with Crippen LogP contribution in [-0.2, 0) is 24.3 Å². The normalized spacial score (nSPS) is 18.4. The Labute approximate surface area is 141 Å². The van der Waals surface area contributed by atoms with Gasteiger partial charge in [-0.05, 0) is 18.4 Å². The molecule has 1 aromatic heterocycles. The minimum absolute atomic E-state index is 0.229. The SMILES string of the molecule is O=C(Cc1ccccc1)N1CCC(c2nnc3n2CCNC3)CC1. The molecule has 0 atom stereocenters. The molecule has 0 bridgehead atoms. The minimum atomic E-state index is 0.229. The standard InChI is InChI=1S/C18H23N5O/c24-17(12-14-4-2-1-3-5-14)22-9-6-15(7-10-22)18-21-20-16-13-19-8-11-23(16)18/h1-5,15,19H,6-13H2. The fraction of sp³-hybridized carbons (Fsp3) is 0.500. The van der Waals surface area contributed by atoms with Gasteiger partial charge in [0.25, 0.3) is 0 Å². The molecule has 2 aliphatic heterocycles. The van der Waals surface area contributed by atoms with Gasteiger partial charge in [0, 0.05) is 32.1 Å². The van der Waals surface area contributed by atoms with E-state index < -0.39 is 0 Å². The van der Waals surface area contributed by atoms with Crippen LogP contribution in [0.1, 0.15) is 36.0 Å². The highest BCUT2D eigenvalue weighted by Gasteiger charge is 2.28. The van der Waals surface area contributed by atoms with E-state index in [1.165, 1.54) is 0 Å². The predicted octanol–water partition coefficient (Wildman–Crippen LogP) is 1.33. The smallest absolute Gasteiger partial charge is 0.226 e. The second-order valence-electron chi connectivity index (χ2n) is 6.62. The number of benzene rings is 1. The van der Waals surface area contributed by atoms with Crippen LogP contribution in [0, 0.1) is 0 Å². The Kier molecular flexibility index (Phi) is 4.30. The highest BCUT2D eigenvalue weighted by Crippen LogP contribution is 2.28. The average molecular weight is 325 g/mol. The van der Waals surface area contributed by atoms with Gasteiger partial charge in [-0.2, -0.15) is 0 Å². The Balaban J connectivity index is 1.37. The van der Waals surface area contributed by atoms with Crippen LogP contribution in [0.25, 0.3) is 0 Å². The average Bonchev–Trinajstić information content (AvgIpc) is 3.07. The molecule has 2 aliphatic rings. The predicted molar refractivity (Wildman–Crippen MR) is 90.4 cm³/mol. The monoisotopic (exact) mass is 325 g/mol. The molecular formula is C18H23N5O. The first kappa shape index (κ1) is 15.3. The van der Waals surface area contributed by atoms with E-state index in [0.29, 0.717) is 12.3 Å². The molecule has 0 saturated carbocycles. The lowest BCUT2D eigenvalue weighted by atomic mass is 9.95. The minimum Gasteiger partial charge on any atom is -0.342 e. The maximum absolute atomic E-state index is 12.5. The van der Waals surface area contributed by atoms with Crippen molar-refractivity contribution in [2.45, 2.75) is 38.3 Å². The van der Waals surface area contributed by atoms with Crippen molar-refractivity contribution in [2.75, 3.05) is 19.6 Å². The molecule has 4 rings (SSSR count). The highest BCUT2D eigenvalue weighted by atomic mass is 16.2. The summed E-state index contributed by atoms with van der Waals surface area (Å²) >= 11 is 0. The molecule has 1 N–H and O–H groups in total. The van der Waals surface area contributed by atoms with Gasteiger partial charge < -0.3 is 14.8 Å². The van der Waals surface area contributed by atoms with Gasteiger partial charge in [-0.15, -0.1) is 10.2 Å². The lowest BCUT2D eigenvalue weighted by molar-refractivity contribution is -0.131. The zero-order valence-electron chi connectivity index (χ0n) is 13.8. The number of aromatic nitrogens is 3. The van der Waals surface area contributed by atoms with E-state index in [0.717, 1.165) is 62.8 Å². The topological polar surface area (TPSA) is 63.1 Å². The van der Waals surface area contributed by atoms with Crippen LogP contribution in [0.15, 0.2) is 30.3 Å². The van der Waals surface area contributed by atoms with E-state index in [-0.39, 0.29) is 5.91 Å². The van der Waals surface area contributed by atoms with Crippen molar-refractivity contribution in [2.24, 2.45) is 0 Å². The number of carbonyl (C=O) groups is 1. The van der Waals surface area contributed by atoms with Gasteiger partial charge in [0.05, 0.1) is 13.0 Å². The number of nitrogens with one attached hydrogen (secondary N) is 1. The van der Waals surface area contributed by atoms with Crippen LogP contribution in [0.4, 0.5) is 0 Å². The number of piperidine rings is 1. The molecule has 0 spiro atoms. The molecule has 0 unspecified atom stereocenters. The number of hydrogen-bond acceptors (Lipinski definition) is 4. The van der Waals surface area contributed by atoms with E-state index in [1.54, 1.807) is 0 Å². The Morgan fingerprint density at radius 1 is 1.12 bits per heavy atom. The quantitative estimate of drug-likeness (QED) is 0.925. The van der Waals surface area contributed by atoms with Crippen molar-refractivity contribution in [3.05, 3.63) is 47.5 Å². The fourth-order valence-corrected chi connectivity index (χ4v) is 3.69. The van der Waals surface area contributed by atoms with Crippen LogP contribution in [0.3, 0.4) is 0 Å². The highest BCUT2D eigenvalue weighted by molar-refractivity contribution is 5.78. The Morgan fingerprint density at radius 3 is 2.71 bits per heavy atom. The van der Waals surface area contributed by atoms with Crippen LogP contribution in [0.5, 0.6) is 0 Å². The summed E-state index contributed by atoms with van der Waals surface area (Å²) in [7, 11) is 0. The summed E-state index contributed by atoms with van der Waals surface area (Å²) in [6, 6.07) is 9.98. The van der Waals surface area contributed by atoms with Crippen LogP contribution in [-0.4, -0.2) is 45.2 Å². The summed E-state index contributed by atoms with van der Waals surface area (Å²) in [5.41, 5.74) is 1.09. The largest absolute Gasteiger partial charge is 0.342 e. The van der Waals surface area contributed by atoms with Crippen LogP contribution in [0.2, 0.25) is 0 Å². The Morgan fingerprint density at radius 2 is 1.92 bits per heavy atom. The maximum atomic E-state index is 12.5. The molecule has 6 heteroatoms. The molecule has 0 aliphatic carbocycles. The summed E-state index contributed by atoms with van der Waals surface area (Å²) in [5.74, 6) is 2.80. The van der Waals surface area contributed by atoms with Crippen molar-refractivity contribution >= 4 is 5.91 Å². The van der Waals surface area contributed by atoms with E-state index >= 15 is 0 Å². The van der Waals surface area contributed by atoms with E-state index in [2.05, 4.69) is 20.1 Å². The molecule has 126 valence electrons. The third-order valence-corrected chi connectivity index (χ3v) is 5.06. The number of nitrogens with zero attached hydrogens (tertiary/aromatic N) is 4. The molecule has 1 saturated heterocycles. The lowest BCUT2D eigenvalue weighted by Gasteiger charge is -2.32. The first-order valence-electron chi connectivity index (χ1n) is 8.75. The molecule has 1 fully saturated rings. The molecular weight excluding hydrogens is 302 g/mol. The van der Waals surface area contributed by atoms with Crippen molar-refractivity contribution in [3.8, 4) is 0 Å². The molecule has 1 amide bonds. The van der Waals surface area contributed by atoms with Gasteiger partial charge in [0.2, 0.25) is 5.91 Å². The first-order valence-corrected chi connectivity index (χ1v) is 8.75. The van der Waals surface area contributed by atoms with Gasteiger partial charge in [-0.25, -0.2) is 0 Å². The second kappa shape index (κ2) is 6.73. The fourth-order valence-electron chi connectivity index (χ4n) is 3.69. The summed E-state index contributed by atoms with van der Waals surface area (Å²) in [5, 5.41) is 12.1. The summed E-state index contributed by atoms with van der Waals surface area (Å²) < 4.78 is 2.27. The summed E-state index contributed by atoms with van der Waals surface area (Å²) in [4.78, 5) is 14.5. The summed E-state index contributed by atoms with van der Waals surface area (Å²) in [6.07, 6.45) is 2.45. The van der Waals surface area contributed by atoms with Crippen molar-refractivity contribution < 1.29 is 4.79 Å². The van der Waals surface area contributed by atoms with Gasteiger partial charge in [0.1, 0.15) is 11.6 Å². The van der Waals surface area contributed by atoms with Crippen molar-refractivity contribution in [3.63, 3.8) is 0 Å². The second-order valence-corrected chi connectivity index (χ2v) is 6.62. The number of likely N-dealkylation sites (tertiary alicyclic amines) is 1. The Hall–Kier alpha value is -2.21. The molecule has 6 nitrogen and oxygen atoms in total. The van der Waals surface area contributed by atoms with Gasteiger partial charge in [0.15, 0.2) is 0 Å². The molecule has 0 radical (unpaired) electrons. The van der Waals surface area contributed by atoms with Gasteiger partial charge in [-0.3, -0.25) is 4.79 Å². The third kappa shape index (κ3) is 3.06. The molecule has 2 aromatic rings. The maximum Gasteiger partial charge on any atom is 0.226 e. The molecule has 1 aromatic carbocycles. The number of hydrogen-bond donors (Lipinski definition) is 1. The summed E-state index contributed by atoms with van der Waals surface area (Å²) in [6.45, 7) is 4.37. The lowest BCUT2D eigenvalue weighted by Crippen LogP contribution is -2.39. The number of fused-ring (bicyclic) bond motifs is 1. The Bertz CT molecular complexity index is 703. The van der Waals surface area contributed by atoms with Gasteiger partial charge >= 0.3 is 0 Å². The zero-order valence-corrected chi connectivity index (χ0v) is 13.8. The number of amides is 1. The van der Waals surface area contributed by atoms with Gasteiger partial charge in [-0.1, -0.05) is 30.3 Å². The number of rotatable bonds is 3. The molecule has 24 heavy (non-hydrogen) atoms. The van der Waals surface area contributed by atoms with E-state index in [1.807, 2.05) is 35.2 Å². The zero-order chi connectivity index (χ0) is 16.4. The first-order chi connectivity index (χ1) is 11.8. The van der Waals surface area contributed by atoms with Crippen LogP contribution >= 0.6 is 0 Å². The van der Waals surface area contributed by atoms with Crippen LogP contribution < -0.4 is 5.32 Å². The van der Waals surface area contributed by atoms with Crippen molar-refractivity contribution in [1.29, 1.82) is 0 Å². The van der Waals surface area contributed by atoms with E-state index in [9.17, 15) is 4.79 Å². The van der Waals surface area contributed by atoms with Crippen molar-refractivity contribution in [1.82, 2.24) is 25.0 Å². The number of carbonyl (C=O) groups excluding carboxylic acids is 1. The molecule has 3 heterocycles. The third-order valence-electron chi connectivity index (χ3n) is 5.06.